The summed E-state index contributed by atoms with van der Waals surface area (Å²) in [6, 6.07) is 6.42. The zero-order valence-corrected chi connectivity index (χ0v) is 12.1. The maximum atomic E-state index is 11.9. The molecule has 1 amide bonds. The first-order valence-corrected chi connectivity index (χ1v) is 8.22. The van der Waals surface area contributed by atoms with Crippen molar-refractivity contribution in [2.75, 3.05) is 5.32 Å². The molecule has 0 saturated carbocycles. The van der Waals surface area contributed by atoms with E-state index in [1.165, 1.54) is 6.07 Å². The molecule has 0 bridgehead atoms. The van der Waals surface area contributed by atoms with Gasteiger partial charge in [0.25, 0.3) is 15.0 Å². The van der Waals surface area contributed by atoms with Crippen LogP contribution in [0.4, 0.5) is 5.13 Å². The Morgan fingerprint density at radius 2 is 1.95 bits per heavy atom. The molecule has 0 saturated heterocycles. The van der Waals surface area contributed by atoms with Crippen LogP contribution in [0, 0.1) is 0 Å². The molecule has 1 N–H and O–H groups in total. The zero-order chi connectivity index (χ0) is 14.0. The van der Waals surface area contributed by atoms with Crippen molar-refractivity contribution in [3.05, 3.63) is 34.9 Å². The van der Waals surface area contributed by atoms with Gasteiger partial charge in [0, 0.05) is 10.7 Å². The van der Waals surface area contributed by atoms with Crippen molar-refractivity contribution < 1.29 is 13.2 Å². The Morgan fingerprint density at radius 3 is 2.53 bits per heavy atom. The molecular weight excluding hydrogens is 333 g/mol. The summed E-state index contributed by atoms with van der Waals surface area (Å²) in [6.45, 7) is 0. The van der Waals surface area contributed by atoms with Crippen LogP contribution in [-0.4, -0.2) is 24.5 Å². The summed E-state index contributed by atoms with van der Waals surface area (Å²) in [5, 5.41) is 9.55. The SMILES string of the molecule is O=C(Nc1nnc(S(=O)(=O)Cl)s1)c1ccccc1Cl. The summed E-state index contributed by atoms with van der Waals surface area (Å²) < 4.78 is 21.6. The molecule has 0 spiro atoms. The number of aromatic nitrogens is 2. The topological polar surface area (TPSA) is 89.0 Å². The molecule has 6 nitrogen and oxygen atoms in total. The van der Waals surface area contributed by atoms with Crippen molar-refractivity contribution in [3.8, 4) is 0 Å². The minimum absolute atomic E-state index is 0.0177. The Hall–Kier alpha value is -1.22. The quantitative estimate of drug-likeness (QED) is 0.686. The van der Waals surface area contributed by atoms with E-state index >= 15 is 0 Å². The van der Waals surface area contributed by atoms with Gasteiger partial charge in [-0.25, -0.2) is 8.42 Å². The molecule has 1 heterocycles. The van der Waals surface area contributed by atoms with Crippen LogP contribution in [0.2, 0.25) is 5.02 Å². The second-order valence-electron chi connectivity index (χ2n) is 3.24. The van der Waals surface area contributed by atoms with E-state index in [9.17, 15) is 13.2 Å². The third-order valence-electron chi connectivity index (χ3n) is 1.95. The standard InChI is InChI=1S/C9H5Cl2N3O3S2/c10-6-4-2-1-3-5(6)7(15)12-8-13-14-9(18-8)19(11,16)17/h1-4H,(H,12,13,15). The highest BCUT2D eigenvalue weighted by Gasteiger charge is 2.18. The fraction of sp³-hybridized carbons (Fsp3) is 0. The second kappa shape index (κ2) is 5.41. The van der Waals surface area contributed by atoms with Crippen molar-refractivity contribution in [1.29, 1.82) is 0 Å². The zero-order valence-electron chi connectivity index (χ0n) is 9.00. The molecular formula is C9H5Cl2N3O3S2. The van der Waals surface area contributed by atoms with Gasteiger partial charge in [-0.3, -0.25) is 10.1 Å². The highest BCUT2D eigenvalue weighted by atomic mass is 35.7. The highest BCUT2D eigenvalue weighted by molar-refractivity contribution is 8.15. The van der Waals surface area contributed by atoms with Crippen LogP contribution >= 0.6 is 33.6 Å². The van der Waals surface area contributed by atoms with Gasteiger partial charge in [0.15, 0.2) is 0 Å². The van der Waals surface area contributed by atoms with E-state index in [0.29, 0.717) is 11.3 Å². The maximum Gasteiger partial charge on any atom is 0.290 e. The fourth-order valence-electron chi connectivity index (χ4n) is 1.17. The first-order valence-electron chi connectivity index (χ1n) is 4.72. The van der Waals surface area contributed by atoms with Crippen LogP contribution in [0.1, 0.15) is 10.4 Å². The Labute approximate surface area is 121 Å². The number of carbonyl (C=O) groups is 1. The van der Waals surface area contributed by atoms with Gasteiger partial charge >= 0.3 is 0 Å². The first kappa shape index (κ1) is 14.2. The lowest BCUT2D eigenvalue weighted by atomic mass is 10.2. The maximum absolute atomic E-state index is 11.9. The Kier molecular flexibility index (Phi) is 4.04. The van der Waals surface area contributed by atoms with Gasteiger partial charge in [0.1, 0.15) is 0 Å². The molecule has 2 rings (SSSR count). The van der Waals surface area contributed by atoms with Gasteiger partial charge in [0.2, 0.25) is 9.47 Å². The smallest absolute Gasteiger partial charge is 0.290 e. The molecule has 2 aromatic rings. The number of nitrogens with zero attached hydrogens (tertiary/aromatic N) is 2. The van der Waals surface area contributed by atoms with Crippen molar-refractivity contribution >= 4 is 53.7 Å². The number of carbonyl (C=O) groups excluding carboxylic acids is 1. The van der Waals surface area contributed by atoms with Gasteiger partial charge in [-0.15, -0.1) is 10.2 Å². The van der Waals surface area contributed by atoms with Gasteiger partial charge in [-0.2, -0.15) is 0 Å². The summed E-state index contributed by atoms with van der Waals surface area (Å²) in [5.74, 6) is -0.514. The summed E-state index contributed by atoms with van der Waals surface area (Å²) in [6.07, 6.45) is 0. The number of hydrogen-bond donors (Lipinski definition) is 1. The van der Waals surface area contributed by atoms with Gasteiger partial charge in [-0.1, -0.05) is 35.1 Å². The minimum atomic E-state index is -3.95. The minimum Gasteiger partial charge on any atom is -0.296 e. The van der Waals surface area contributed by atoms with E-state index in [1.807, 2.05) is 0 Å². The Morgan fingerprint density at radius 1 is 1.26 bits per heavy atom. The third-order valence-corrected chi connectivity index (χ3v) is 5.04. The number of anilines is 1. The fourth-order valence-corrected chi connectivity index (χ4v) is 3.01. The largest absolute Gasteiger partial charge is 0.296 e. The molecule has 0 radical (unpaired) electrons. The summed E-state index contributed by atoms with van der Waals surface area (Å²) in [7, 11) is 1.15. The average Bonchev–Trinajstić information content (AvgIpc) is 2.77. The molecule has 100 valence electrons. The van der Waals surface area contributed by atoms with Crippen LogP contribution < -0.4 is 5.32 Å². The Balaban J connectivity index is 2.21. The number of amides is 1. The van der Waals surface area contributed by atoms with Crippen molar-refractivity contribution in [1.82, 2.24) is 10.2 Å². The summed E-state index contributed by atoms with van der Waals surface area (Å²) in [5.41, 5.74) is 0.245. The molecule has 0 aliphatic carbocycles. The van der Waals surface area contributed by atoms with Crippen molar-refractivity contribution in [3.63, 3.8) is 0 Å². The summed E-state index contributed by atoms with van der Waals surface area (Å²) in [4.78, 5) is 11.9. The number of hydrogen-bond acceptors (Lipinski definition) is 6. The first-order chi connectivity index (χ1) is 8.88. The molecule has 0 atom stereocenters. The van der Waals surface area contributed by atoms with E-state index in [1.54, 1.807) is 18.2 Å². The lowest BCUT2D eigenvalue weighted by Crippen LogP contribution is -2.12. The summed E-state index contributed by atoms with van der Waals surface area (Å²) >= 11 is 6.50. The van der Waals surface area contributed by atoms with E-state index in [0.717, 1.165) is 0 Å². The van der Waals surface area contributed by atoms with Crippen LogP contribution in [0.25, 0.3) is 0 Å². The molecule has 10 heteroatoms. The molecule has 0 unspecified atom stereocenters. The van der Waals surface area contributed by atoms with Gasteiger partial charge < -0.3 is 0 Å². The van der Waals surface area contributed by atoms with E-state index in [2.05, 4.69) is 15.5 Å². The van der Waals surface area contributed by atoms with Crippen LogP contribution in [0.5, 0.6) is 0 Å². The normalized spacial score (nSPS) is 11.3. The second-order valence-corrected chi connectivity index (χ2v) is 7.37. The van der Waals surface area contributed by atoms with Gasteiger partial charge in [0.05, 0.1) is 10.6 Å². The van der Waals surface area contributed by atoms with Gasteiger partial charge in [-0.05, 0) is 12.1 Å². The monoisotopic (exact) mass is 337 g/mol. The van der Waals surface area contributed by atoms with Crippen LogP contribution in [0.3, 0.4) is 0 Å². The van der Waals surface area contributed by atoms with Crippen LogP contribution in [-0.2, 0) is 9.05 Å². The number of nitrogens with one attached hydrogen (secondary N) is 1. The van der Waals surface area contributed by atoms with E-state index in [-0.39, 0.29) is 20.1 Å². The predicted octanol–water partition coefficient (Wildman–Crippen LogP) is 2.37. The molecule has 1 aromatic heterocycles. The van der Waals surface area contributed by atoms with Crippen molar-refractivity contribution in [2.24, 2.45) is 0 Å². The molecule has 0 fully saturated rings. The lowest BCUT2D eigenvalue weighted by Gasteiger charge is -2.02. The lowest BCUT2D eigenvalue weighted by molar-refractivity contribution is 0.102. The Bertz CT molecular complexity index is 730. The predicted molar refractivity (Wildman–Crippen MR) is 72.4 cm³/mol. The van der Waals surface area contributed by atoms with E-state index < -0.39 is 15.0 Å². The molecule has 0 aliphatic heterocycles. The van der Waals surface area contributed by atoms with Crippen LogP contribution in [0.15, 0.2) is 28.6 Å². The molecule has 19 heavy (non-hydrogen) atoms. The van der Waals surface area contributed by atoms with E-state index in [4.69, 9.17) is 22.3 Å². The third kappa shape index (κ3) is 3.41. The van der Waals surface area contributed by atoms with Crippen molar-refractivity contribution in [2.45, 2.75) is 4.34 Å². The highest BCUT2D eigenvalue weighted by Crippen LogP contribution is 2.24. The number of benzene rings is 1. The number of halogens is 2. The average molecular weight is 338 g/mol. The molecule has 0 aliphatic rings. The number of rotatable bonds is 3. The molecule has 1 aromatic carbocycles.